The first kappa shape index (κ1) is 29.0. The number of benzene rings is 8. The predicted molar refractivity (Wildman–Crippen MR) is 218 cm³/mol. The van der Waals surface area contributed by atoms with Crippen molar-refractivity contribution in [3.05, 3.63) is 188 Å². The van der Waals surface area contributed by atoms with Crippen LogP contribution in [0.25, 0.3) is 66.4 Å². The van der Waals surface area contributed by atoms with Crippen LogP contribution in [0.3, 0.4) is 0 Å². The Balaban J connectivity index is 1.26. The molecule has 0 bridgehead atoms. The number of hydrogen-bond donors (Lipinski definition) is 0. The van der Waals surface area contributed by atoms with Gasteiger partial charge >= 0.3 is 6.98 Å². The molecule has 3 nitrogen and oxygen atoms in total. The van der Waals surface area contributed by atoms with Crippen molar-refractivity contribution in [1.29, 1.82) is 0 Å². The Morgan fingerprint density at radius 2 is 0.904 bits per heavy atom. The van der Waals surface area contributed by atoms with Gasteiger partial charge in [0.2, 0.25) is 0 Å². The smallest absolute Gasteiger partial charge is 0.421 e. The molecule has 1 aromatic heterocycles. The fourth-order valence-corrected chi connectivity index (χ4v) is 8.58. The second-order valence-electron chi connectivity index (χ2n) is 13.7. The quantitative estimate of drug-likeness (QED) is 0.175. The number of anilines is 4. The Hall–Kier alpha value is -6.78. The van der Waals surface area contributed by atoms with Crippen LogP contribution in [0, 0.1) is 0 Å². The van der Waals surface area contributed by atoms with E-state index in [1.165, 1.54) is 55.7 Å². The zero-order valence-electron chi connectivity index (χ0n) is 28.3. The maximum atomic E-state index is 6.51. The van der Waals surface area contributed by atoms with E-state index < -0.39 is 0 Å². The molecule has 0 spiro atoms. The second-order valence-corrected chi connectivity index (χ2v) is 13.7. The summed E-state index contributed by atoms with van der Waals surface area (Å²) in [4.78, 5) is 5.12. The van der Waals surface area contributed by atoms with Crippen LogP contribution in [0.1, 0.15) is 0 Å². The molecule has 0 aliphatic carbocycles. The van der Waals surface area contributed by atoms with Gasteiger partial charge in [0.25, 0.3) is 0 Å². The Morgan fingerprint density at radius 1 is 0.365 bits per heavy atom. The third-order valence-electron chi connectivity index (χ3n) is 10.8. The molecular formula is C48H31BN2O. The molecule has 2 aliphatic heterocycles. The second kappa shape index (κ2) is 11.4. The first-order valence-corrected chi connectivity index (χ1v) is 17.9. The molecule has 0 saturated heterocycles. The van der Waals surface area contributed by atoms with E-state index in [-0.39, 0.29) is 6.98 Å². The Morgan fingerprint density at radius 3 is 1.56 bits per heavy atom. The molecule has 0 N–H and O–H groups in total. The Bertz CT molecular complexity index is 2800. The zero-order chi connectivity index (χ0) is 34.2. The molecule has 0 amide bonds. The van der Waals surface area contributed by atoms with Crippen LogP contribution in [-0.2, 0) is 0 Å². The van der Waals surface area contributed by atoms with Gasteiger partial charge in [0.05, 0.1) is 5.39 Å². The lowest BCUT2D eigenvalue weighted by atomic mass is 9.53. The molecule has 0 saturated carbocycles. The molecule has 8 aromatic carbocycles. The van der Waals surface area contributed by atoms with E-state index in [0.717, 1.165) is 39.0 Å². The van der Waals surface area contributed by atoms with Crippen LogP contribution in [-0.4, -0.2) is 6.98 Å². The number of furan rings is 1. The van der Waals surface area contributed by atoms with E-state index in [1.807, 2.05) is 6.07 Å². The van der Waals surface area contributed by atoms with Crippen molar-refractivity contribution in [2.45, 2.75) is 0 Å². The summed E-state index contributed by atoms with van der Waals surface area (Å²) in [5.41, 5.74) is 17.5. The van der Waals surface area contributed by atoms with Crippen LogP contribution in [0.5, 0.6) is 0 Å². The SMILES string of the molecule is c1ccc(-c2ccc3c(c2)-c2cccc4c2B(N3c2ccccc2)N(c2cccc3oc5ccccc5c23)c2ccc(-c3ccccc3)cc2-4)cc1. The number of fused-ring (bicyclic) bond motifs is 7. The normalized spacial score (nSPS) is 12.9. The average Bonchev–Trinajstić information content (AvgIpc) is 3.61. The standard InChI is InChI=1S/C48H31BN2O/c1-4-14-32(15-5-1)34-26-28-42-40(30-34)37-21-12-22-38-41-31-35(33-16-6-2-7-17-33)27-29-43(41)51(49(48(37)38)50(42)36-18-8-3-9-19-36)44-23-13-25-46-47(44)39-20-10-11-24-45(39)52-46/h1-31H. The minimum atomic E-state index is -0.182. The number of hydrogen-bond acceptors (Lipinski definition) is 3. The molecule has 0 unspecified atom stereocenters. The van der Waals surface area contributed by atoms with Crippen molar-refractivity contribution in [3.8, 4) is 44.5 Å². The van der Waals surface area contributed by atoms with Crippen LogP contribution >= 0.6 is 0 Å². The van der Waals surface area contributed by atoms with Gasteiger partial charge in [0.1, 0.15) is 11.2 Å². The molecule has 11 rings (SSSR count). The largest absolute Gasteiger partial charge is 0.456 e. The summed E-state index contributed by atoms with van der Waals surface area (Å²) in [7, 11) is 0. The van der Waals surface area contributed by atoms with Gasteiger partial charge < -0.3 is 14.0 Å². The van der Waals surface area contributed by atoms with Gasteiger partial charge in [-0.05, 0) is 93.4 Å². The number of para-hydroxylation sites is 2. The third kappa shape index (κ3) is 4.28. The molecule has 242 valence electrons. The summed E-state index contributed by atoms with van der Waals surface area (Å²) in [5.74, 6) is 0. The lowest BCUT2D eigenvalue weighted by Gasteiger charge is -2.48. The van der Waals surface area contributed by atoms with Gasteiger partial charge in [-0.25, -0.2) is 0 Å². The van der Waals surface area contributed by atoms with Crippen molar-refractivity contribution in [1.82, 2.24) is 0 Å². The number of rotatable bonds is 4. The van der Waals surface area contributed by atoms with Gasteiger partial charge in [-0.3, -0.25) is 0 Å². The lowest BCUT2D eigenvalue weighted by Crippen LogP contribution is -2.61. The molecule has 4 heteroatoms. The highest BCUT2D eigenvalue weighted by Gasteiger charge is 2.47. The average molecular weight is 663 g/mol. The van der Waals surface area contributed by atoms with E-state index in [0.29, 0.717) is 0 Å². The van der Waals surface area contributed by atoms with E-state index in [4.69, 9.17) is 4.42 Å². The van der Waals surface area contributed by atoms with E-state index >= 15 is 0 Å². The Kier molecular flexibility index (Phi) is 6.35. The Labute approximate surface area is 302 Å². The fraction of sp³-hybridized carbons (Fsp3) is 0. The summed E-state index contributed by atoms with van der Waals surface area (Å²) in [5, 5.41) is 2.24. The van der Waals surface area contributed by atoms with Crippen molar-refractivity contribution in [3.63, 3.8) is 0 Å². The first-order chi connectivity index (χ1) is 25.8. The number of nitrogens with zero attached hydrogens (tertiary/aromatic N) is 2. The first-order valence-electron chi connectivity index (χ1n) is 17.9. The zero-order valence-corrected chi connectivity index (χ0v) is 28.3. The summed E-state index contributed by atoms with van der Waals surface area (Å²) in [6, 6.07) is 68.0. The molecule has 9 aromatic rings. The molecular weight excluding hydrogens is 631 g/mol. The minimum Gasteiger partial charge on any atom is -0.456 e. The maximum absolute atomic E-state index is 6.51. The predicted octanol–water partition coefficient (Wildman–Crippen LogP) is 12.3. The van der Waals surface area contributed by atoms with Gasteiger partial charge in [0, 0.05) is 39.3 Å². The van der Waals surface area contributed by atoms with Crippen LogP contribution in [0.2, 0.25) is 0 Å². The maximum Gasteiger partial charge on any atom is 0.421 e. The van der Waals surface area contributed by atoms with Crippen molar-refractivity contribution < 1.29 is 4.42 Å². The van der Waals surface area contributed by atoms with Crippen molar-refractivity contribution in [2.24, 2.45) is 0 Å². The van der Waals surface area contributed by atoms with E-state index in [9.17, 15) is 0 Å². The van der Waals surface area contributed by atoms with Gasteiger partial charge in [-0.15, -0.1) is 0 Å². The highest BCUT2D eigenvalue weighted by atomic mass is 16.3. The van der Waals surface area contributed by atoms with Gasteiger partial charge in [-0.2, -0.15) is 0 Å². The van der Waals surface area contributed by atoms with Crippen LogP contribution in [0.15, 0.2) is 192 Å². The highest BCUT2D eigenvalue weighted by Crippen LogP contribution is 2.51. The van der Waals surface area contributed by atoms with Crippen molar-refractivity contribution in [2.75, 3.05) is 9.62 Å². The molecule has 0 fully saturated rings. The van der Waals surface area contributed by atoms with Crippen LogP contribution < -0.4 is 15.1 Å². The van der Waals surface area contributed by atoms with Crippen LogP contribution in [0.4, 0.5) is 22.7 Å². The monoisotopic (exact) mass is 662 g/mol. The summed E-state index contributed by atoms with van der Waals surface area (Å²) < 4.78 is 6.51. The molecule has 52 heavy (non-hydrogen) atoms. The third-order valence-corrected chi connectivity index (χ3v) is 10.8. The summed E-state index contributed by atoms with van der Waals surface area (Å²) >= 11 is 0. The molecule has 0 radical (unpaired) electrons. The van der Waals surface area contributed by atoms with E-state index in [2.05, 4.69) is 192 Å². The molecule has 0 atom stereocenters. The van der Waals surface area contributed by atoms with Gasteiger partial charge in [-0.1, -0.05) is 133 Å². The molecule has 3 heterocycles. The topological polar surface area (TPSA) is 19.6 Å². The summed E-state index contributed by atoms with van der Waals surface area (Å²) in [6.07, 6.45) is 0. The van der Waals surface area contributed by atoms with E-state index in [1.54, 1.807) is 0 Å². The summed E-state index contributed by atoms with van der Waals surface area (Å²) in [6.45, 7) is -0.182. The highest BCUT2D eigenvalue weighted by molar-refractivity contribution is 6.86. The molecule has 2 aliphatic rings. The lowest BCUT2D eigenvalue weighted by molar-refractivity contribution is 0.669. The minimum absolute atomic E-state index is 0.182. The van der Waals surface area contributed by atoms with Crippen molar-refractivity contribution >= 4 is 57.1 Å². The fourth-order valence-electron chi connectivity index (χ4n) is 8.58. The van der Waals surface area contributed by atoms with Gasteiger partial charge in [0.15, 0.2) is 0 Å².